The van der Waals surface area contributed by atoms with Crippen molar-refractivity contribution in [2.45, 2.75) is 33.5 Å². The molecule has 414 valence electrons. The van der Waals surface area contributed by atoms with Crippen LogP contribution < -0.4 is 9.47 Å². The van der Waals surface area contributed by atoms with Crippen molar-refractivity contribution in [3.63, 3.8) is 0 Å². The molecule has 15 heteroatoms. The molecule has 12 rings (SSSR count). The average molecular weight is 1120 g/mol. The third-order valence-electron chi connectivity index (χ3n) is 13.5. The molecule has 0 spiro atoms. The summed E-state index contributed by atoms with van der Waals surface area (Å²) in [5.74, 6) is 1.96. The minimum atomic E-state index is -0.973. The number of nitrogens with one attached hydrogen (secondary N) is 1. The summed E-state index contributed by atoms with van der Waals surface area (Å²) in [6.45, 7) is 5.94. The number of ether oxygens (including phenoxy) is 4. The van der Waals surface area contributed by atoms with Crippen molar-refractivity contribution < 1.29 is 38.4 Å². The van der Waals surface area contributed by atoms with Crippen molar-refractivity contribution in [1.82, 2.24) is 29.1 Å². The molecule has 14 nitrogen and oxygen atoms in total. The molecule has 0 radical (unpaired) electrons. The van der Waals surface area contributed by atoms with E-state index in [4.69, 9.17) is 45.6 Å². The summed E-state index contributed by atoms with van der Waals surface area (Å²) in [4.78, 5) is 52.9. The molecule has 3 heterocycles. The molecule has 9 aromatic carbocycles. The number of carbonyl (C=O) groups excluding carboxylic acids is 2. The maximum Gasteiger partial charge on any atom is 0.338 e. The molecule has 0 unspecified atom stereocenters. The van der Waals surface area contributed by atoms with E-state index in [9.17, 15) is 14.4 Å². The molecule has 83 heavy (non-hydrogen) atoms. The average Bonchev–Trinajstić information content (AvgIpc) is 3.86. The second kappa shape index (κ2) is 26.3. The molecule has 12 aromatic rings. The molecule has 0 aliphatic rings. The highest BCUT2D eigenvalue weighted by Gasteiger charge is 2.19. The molecule has 0 aliphatic heterocycles. The van der Waals surface area contributed by atoms with Crippen LogP contribution in [0.3, 0.4) is 0 Å². The lowest BCUT2D eigenvalue weighted by atomic mass is 10.1. The number of aromatic amines is 1. The van der Waals surface area contributed by atoms with Gasteiger partial charge in [-0.15, -0.1) is 0 Å². The predicted molar refractivity (Wildman–Crippen MR) is 324 cm³/mol. The molecule has 0 fully saturated rings. The second-order valence-electron chi connectivity index (χ2n) is 19.0. The van der Waals surface area contributed by atoms with Crippen LogP contribution in [0.25, 0.3) is 67.3 Å². The van der Waals surface area contributed by atoms with E-state index >= 15 is 0 Å². The zero-order valence-corrected chi connectivity index (χ0v) is 46.5. The SMILES string of the molecule is CCOC(=O)c1ccc2nc(-c3ccccc3)n(Cc3ccccc3)c2c1.CCOC(=O)c1ccc2nc(-c3ccccc3)n(Cc3ccccc3Cl)c2c1.COc1ccc(-c2nc3ccc(C(=O)O)cc3[nH]2)cc1OCc1ccccc1. The number of imidazole rings is 3. The summed E-state index contributed by atoms with van der Waals surface area (Å²) in [5.41, 5.74) is 12.2. The van der Waals surface area contributed by atoms with E-state index in [2.05, 4.69) is 43.4 Å². The Kier molecular flexibility index (Phi) is 17.7. The van der Waals surface area contributed by atoms with Crippen LogP contribution in [0.2, 0.25) is 5.02 Å². The van der Waals surface area contributed by atoms with Crippen molar-refractivity contribution in [2.75, 3.05) is 20.3 Å². The number of hydrogen-bond acceptors (Lipinski definition) is 10. The van der Waals surface area contributed by atoms with E-state index in [1.807, 2.05) is 171 Å². The van der Waals surface area contributed by atoms with Gasteiger partial charge < -0.3 is 38.2 Å². The minimum absolute atomic E-state index is 0.212. The van der Waals surface area contributed by atoms with Crippen LogP contribution in [0.15, 0.2) is 218 Å². The van der Waals surface area contributed by atoms with Gasteiger partial charge in [0.25, 0.3) is 0 Å². The van der Waals surface area contributed by atoms with Gasteiger partial charge in [-0.25, -0.2) is 29.3 Å². The monoisotopic (exact) mass is 1120 g/mol. The number of rotatable bonds is 16. The summed E-state index contributed by atoms with van der Waals surface area (Å²) in [6.07, 6.45) is 0. The standard InChI is InChI=1S/C23H19ClN2O2.C23H20N2O2.C22H18N2O4/c1-2-28-23(27)17-12-13-20-21(14-17)26(15-18-10-6-7-11-19(18)24)22(25-20)16-8-4-3-5-9-16;1-2-27-23(26)19-13-14-20-21(15-19)25(16-17-9-5-3-6-10-17)22(24-20)18-11-7-4-8-12-18;1-27-19-10-8-15(12-20(19)28-13-14-5-3-2-4-6-14)21-23-17-9-7-16(22(25)26)11-18(17)24-21/h3-14H,2,15H2,1H3;3-15H,2,16H2,1H3;2-12H,13H2,1H3,(H,23,24)(H,25,26). The predicted octanol–water partition coefficient (Wildman–Crippen LogP) is 15.0. The van der Waals surface area contributed by atoms with Gasteiger partial charge in [-0.3, -0.25) is 0 Å². The van der Waals surface area contributed by atoms with E-state index < -0.39 is 5.97 Å². The summed E-state index contributed by atoms with van der Waals surface area (Å²) >= 11 is 6.41. The molecular weight excluding hydrogens is 1060 g/mol. The minimum Gasteiger partial charge on any atom is -0.493 e. The zero-order valence-electron chi connectivity index (χ0n) is 45.7. The number of fused-ring (bicyclic) bond motifs is 3. The van der Waals surface area contributed by atoms with Crippen LogP contribution in [-0.4, -0.2) is 72.4 Å². The third-order valence-corrected chi connectivity index (χ3v) is 13.8. The number of aromatic nitrogens is 6. The maximum atomic E-state index is 12.2. The number of benzene rings is 9. The number of methoxy groups -OCH3 is 1. The fourth-order valence-electron chi connectivity index (χ4n) is 9.38. The quantitative estimate of drug-likeness (QED) is 0.0882. The van der Waals surface area contributed by atoms with Gasteiger partial charge in [0.2, 0.25) is 0 Å². The van der Waals surface area contributed by atoms with Gasteiger partial charge in [0.1, 0.15) is 24.1 Å². The van der Waals surface area contributed by atoms with Crippen LogP contribution in [0.4, 0.5) is 0 Å². The van der Waals surface area contributed by atoms with Gasteiger partial charge in [-0.1, -0.05) is 151 Å². The van der Waals surface area contributed by atoms with Crippen molar-refractivity contribution in [3.8, 4) is 45.7 Å². The molecule has 0 saturated carbocycles. The molecule has 0 saturated heterocycles. The van der Waals surface area contributed by atoms with Crippen LogP contribution in [-0.2, 0) is 29.2 Å². The van der Waals surface area contributed by atoms with Gasteiger partial charge in [0.15, 0.2) is 11.5 Å². The van der Waals surface area contributed by atoms with Gasteiger partial charge in [0.05, 0.1) is 76.7 Å². The summed E-state index contributed by atoms with van der Waals surface area (Å²) in [5, 5.41) is 9.85. The Morgan fingerprint density at radius 1 is 0.506 bits per heavy atom. The fourth-order valence-corrected chi connectivity index (χ4v) is 9.57. The number of carboxylic acid groups (broad SMARTS) is 1. The summed E-state index contributed by atoms with van der Waals surface area (Å²) in [7, 11) is 1.60. The molecule has 2 N–H and O–H groups in total. The van der Waals surface area contributed by atoms with E-state index in [1.54, 1.807) is 38.3 Å². The van der Waals surface area contributed by atoms with Crippen LogP contribution >= 0.6 is 11.6 Å². The Hall–Kier alpha value is -10.3. The third kappa shape index (κ3) is 13.3. The number of H-pyrrole nitrogens is 1. The fraction of sp³-hybridized carbons (Fsp3) is 0.118. The Balaban J connectivity index is 0.000000139. The normalized spacial score (nSPS) is 10.8. The van der Waals surface area contributed by atoms with Gasteiger partial charge in [0, 0.05) is 28.3 Å². The molecular formula is C68H57ClN6O8. The molecule has 3 aromatic heterocycles. The number of esters is 2. The first kappa shape index (κ1) is 56.0. The largest absolute Gasteiger partial charge is 0.493 e. The molecule has 0 aliphatic carbocycles. The van der Waals surface area contributed by atoms with Gasteiger partial charge in [-0.05, 0) is 109 Å². The lowest BCUT2D eigenvalue weighted by molar-refractivity contribution is 0.0517. The van der Waals surface area contributed by atoms with Crippen molar-refractivity contribution in [1.29, 1.82) is 0 Å². The van der Waals surface area contributed by atoms with Crippen molar-refractivity contribution >= 4 is 62.6 Å². The Labute approximate surface area is 484 Å². The first-order valence-electron chi connectivity index (χ1n) is 26.9. The molecule has 0 amide bonds. The van der Waals surface area contributed by atoms with Crippen LogP contribution in [0.1, 0.15) is 61.6 Å². The number of carboxylic acids is 1. The maximum absolute atomic E-state index is 12.2. The zero-order chi connectivity index (χ0) is 57.7. The summed E-state index contributed by atoms with van der Waals surface area (Å²) in [6, 6.07) is 69.3. The highest BCUT2D eigenvalue weighted by atomic mass is 35.5. The number of hydrogen-bond donors (Lipinski definition) is 2. The Bertz CT molecular complexity index is 4200. The van der Waals surface area contributed by atoms with E-state index in [0.29, 0.717) is 77.4 Å². The van der Waals surface area contributed by atoms with E-state index in [1.165, 1.54) is 11.6 Å². The highest BCUT2D eigenvalue weighted by molar-refractivity contribution is 6.31. The highest BCUT2D eigenvalue weighted by Crippen LogP contribution is 2.34. The topological polar surface area (TPSA) is 173 Å². The Morgan fingerprint density at radius 2 is 1.01 bits per heavy atom. The summed E-state index contributed by atoms with van der Waals surface area (Å²) < 4.78 is 25.9. The van der Waals surface area contributed by atoms with Gasteiger partial charge in [-0.2, -0.15) is 0 Å². The number of aromatic carboxylic acids is 1. The van der Waals surface area contributed by atoms with Crippen LogP contribution in [0.5, 0.6) is 11.5 Å². The lowest BCUT2D eigenvalue weighted by Gasteiger charge is -2.12. The Morgan fingerprint density at radius 3 is 1.55 bits per heavy atom. The molecule has 0 bridgehead atoms. The van der Waals surface area contributed by atoms with Crippen LogP contribution in [0, 0.1) is 0 Å². The van der Waals surface area contributed by atoms with Crippen molar-refractivity contribution in [2.24, 2.45) is 0 Å². The number of halogens is 1. The first-order valence-corrected chi connectivity index (χ1v) is 27.3. The lowest BCUT2D eigenvalue weighted by Crippen LogP contribution is -2.06. The van der Waals surface area contributed by atoms with Crippen molar-refractivity contribution in [3.05, 3.63) is 257 Å². The smallest absolute Gasteiger partial charge is 0.338 e. The molecule has 0 atom stereocenters. The second-order valence-corrected chi connectivity index (χ2v) is 19.4. The number of nitrogens with zero attached hydrogens (tertiary/aromatic N) is 5. The van der Waals surface area contributed by atoms with Gasteiger partial charge >= 0.3 is 17.9 Å². The first-order chi connectivity index (χ1) is 40.6. The van der Waals surface area contributed by atoms with E-state index in [-0.39, 0.29) is 17.5 Å². The number of carbonyl (C=O) groups is 3. The van der Waals surface area contributed by atoms with E-state index in [0.717, 1.165) is 61.5 Å².